The molecule has 1 aromatic carbocycles. The van der Waals surface area contributed by atoms with Crippen molar-refractivity contribution in [1.82, 2.24) is 9.88 Å². The number of unbranched alkanes of at least 4 members (excludes halogenated alkanes) is 1. The van der Waals surface area contributed by atoms with E-state index in [1.165, 1.54) is 0 Å². The summed E-state index contributed by atoms with van der Waals surface area (Å²) in [6.07, 6.45) is 3.75. The third kappa shape index (κ3) is 7.34. The van der Waals surface area contributed by atoms with Crippen LogP contribution in [0.5, 0.6) is 0 Å². The number of hydrogen-bond donors (Lipinski definition) is 1. The first kappa shape index (κ1) is 26.4. The van der Waals surface area contributed by atoms with Crippen molar-refractivity contribution >= 4 is 28.7 Å². The van der Waals surface area contributed by atoms with Crippen molar-refractivity contribution in [3.63, 3.8) is 0 Å². The van der Waals surface area contributed by atoms with Crippen LogP contribution in [0.25, 0.3) is 10.9 Å². The molecule has 0 aliphatic heterocycles. The lowest BCUT2D eigenvalue weighted by molar-refractivity contribution is -0.163. The van der Waals surface area contributed by atoms with E-state index >= 15 is 0 Å². The summed E-state index contributed by atoms with van der Waals surface area (Å²) in [6.45, 7) is 11.3. The molecule has 1 N–H and O–H groups in total. The molecule has 0 bridgehead atoms. The number of aromatic nitrogens is 1. The summed E-state index contributed by atoms with van der Waals surface area (Å²) in [5, 5.41) is 3.74. The fourth-order valence-corrected chi connectivity index (χ4v) is 3.62. The van der Waals surface area contributed by atoms with E-state index in [1.54, 1.807) is 20.8 Å². The monoisotopic (exact) mass is 458 g/mol. The third-order valence-electron chi connectivity index (χ3n) is 5.37. The van der Waals surface area contributed by atoms with E-state index in [-0.39, 0.29) is 12.3 Å². The van der Waals surface area contributed by atoms with Crippen LogP contribution in [-0.4, -0.2) is 40.7 Å². The fraction of sp³-hybridized carbons (Fsp3) is 0.577. The van der Waals surface area contributed by atoms with Gasteiger partial charge < -0.3 is 19.4 Å². The lowest BCUT2D eigenvalue weighted by Crippen LogP contribution is -2.50. The second-order valence-corrected chi connectivity index (χ2v) is 9.82. The van der Waals surface area contributed by atoms with Crippen LogP contribution in [0.2, 0.25) is 0 Å². The van der Waals surface area contributed by atoms with Gasteiger partial charge in [-0.2, -0.15) is 0 Å². The zero-order valence-electron chi connectivity index (χ0n) is 20.9. The summed E-state index contributed by atoms with van der Waals surface area (Å²) in [4.78, 5) is 39.0. The molecule has 0 unspecified atom stereocenters. The van der Waals surface area contributed by atoms with E-state index in [1.807, 2.05) is 62.8 Å². The molecule has 0 aliphatic rings. The van der Waals surface area contributed by atoms with Gasteiger partial charge in [0.1, 0.15) is 17.6 Å². The van der Waals surface area contributed by atoms with Gasteiger partial charge in [-0.1, -0.05) is 45.4 Å². The first-order valence-electron chi connectivity index (χ1n) is 11.7. The summed E-state index contributed by atoms with van der Waals surface area (Å²) in [5.74, 6) is -2.93. The quantitative estimate of drug-likeness (QED) is 0.328. The molecule has 1 amide bonds. The summed E-state index contributed by atoms with van der Waals surface area (Å²) < 4.78 is 12.9. The number of fused-ring (bicyclic) bond motifs is 1. The Morgan fingerprint density at radius 2 is 1.76 bits per heavy atom. The molecule has 0 saturated carbocycles. The Hall–Kier alpha value is -2.83. The van der Waals surface area contributed by atoms with Gasteiger partial charge in [-0.25, -0.2) is 4.79 Å². The van der Waals surface area contributed by atoms with Crippen LogP contribution in [-0.2, 0) is 37.3 Å². The topological polar surface area (TPSA) is 86.6 Å². The zero-order valence-corrected chi connectivity index (χ0v) is 20.9. The van der Waals surface area contributed by atoms with Crippen molar-refractivity contribution in [2.45, 2.75) is 72.4 Å². The van der Waals surface area contributed by atoms with Crippen LogP contribution in [0.3, 0.4) is 0 Å². The molecule has 1 heterocycles. The number of hydrogen-bond acceptors (Lipinski definition) is 5. The highest BCUT2D eigenvalue weighted by atomic mass is 16.6. The van der Waals surface area contributed by atoms with E-state index in [9.17, 15) is 14.4 Å². The number of aryl methyl sites for hydroxylation is 1. The molecular weight excluding hydrogens is 420 g/mol. The summed E-state index contributed by atoms with van der Waals surface area (Å²) >= 11 is 0. The molecule has 33 heavy (non-hydrogen) atoms. The molecule has 7 heteroatoms. The highest BCUT2D eigenvalue weighted by Gasteiger charge is 2.35. The first-order valence-corrected chi connectivity index (χ1v) is 11.7. The van der Waals surface area contributed by atoms with Crippen molar-refractivity contribution in [1.29, 1.82) is 0 Å². The van der Waals surface area contributed by atoms with Gasteiger partial charge in [0.05, 0.1) is 6.61 Å². The Bertz CT molecular complexity index is 971. The maximum Gasteiger partial charge on any atom is 0.328 e. The number of benzene rings is 1. The number of nitrogens with zero attached hydrogens (tertiary/aromatic N) is 1. The standard InChI is InChI=1S/C26H38N2O5/c1-8-9-14-32-25(31)22(17(2)3)27-23(29)20(24(30)33-26(4,5)6)15-18-16-28(7)21-13-11-10-12-19(18)21/h10-13,16-17,20,22H,8-9,14-15H2,1-7H3,(H,27,29)/t20-,22+/m1/s1. The summed E-state index contributed by atoms with van der Waals surface area (Å²) in [7, 11) is 1.93. The van der Waals surface area contributed by atoms with Gasteiger partial charge in [-0.05, 0) is 51.2 Å². The molecule has 0 spiro atoms. The number of carbonyl (C=O) groups excluding carboxylic acids is 3. The van der Waals surface area contributed by atoms with Crippen LogP contribution >= 0.6 is 0 Å². The van der Waals surface area contributed by atoms with Gasteiger partial charge >= 0.3 is 11.9 Å². The Balaban J connectivity index is 2.31. The first-order chi connectivity index (χ1) is 15.4. The Morgan fingerprint density at radius 3 is 2.36 bits per heavy atom. The van der Waals surface area contributed by atoms with E-state index in [4.69, 9.17) is 9.47 Å². The molecule has 2 aromatic rings. The second kappa shape index (κ2) is 11.3. The number of rotatable bonds is 10. The molecule has 0 radical (unpaired) electrons. The fourth-order valence-electron chi connectivity index (χ4n) is 3.62. The second-order valence-electron chi connectivity index (χ2n) is 9.82. The highest BCUT2D eigenvalue weighted by molar-refractivity contribution is 6.00. The predicted molar refractivity (Wildman–Crippen MR) is 129 cm³/mol. The van der Waals surface area contributed by atoms with Crippen LogP contribution < -0.4 is 5.32 Å². The van der Waals surface area contributed by atoms with Crippen molar-refractivity contribution in [2.24, 2.45) is 18.9 Å². The molecule has 2 rings (SSSR count). The highest BCUT2D eigenvalue weighted by Crippen LogP contribution is 2.25. The predicted octanol–water partition coefficient (Wildman–Crippen LogP) is 4.16. The van der Waals surface area contributed by atoms with Gasteiger partial charge in [0.25, 0.3) is 0 Å². The zero-order chi connectivity index (χ0) is 24.8. The molecule has 2 atom stereocenters. The number of carbonyl (C=O) groups is 3. The summed E-state index contributed by atoms with van der Waals surface area (Å²) in [6, 6.07) is 6.99. The number of esters is 2. The minimum atomic E-state index is -1.10. The number of ether oxygens (including phenoxy) is 2. The van der Waals surface area contributed by atoms with E-state index in [0.29, 0.717) is 6.61 Å². The van der Waals surface area contributed by atoms with Crippen molar-refractivity contribution < 1.29 is 23.9 Å². The Kier molecular flexibility index (Phi) is 9.08. The van der Waals surface area contributed by atoms with E-state index in [0.717, 1.165) is 29.3 Å². The minimum Gasteiger partial charge on any atom is -0.464 e. The molecule has 0 saturated heterocycles. The molecular formula is C26H38N2O5. The molecule has 182 valence electrons. The van der Waals surface area contributed by atoms with Gasteiger partial charge in [0.15, 0.2) is 0 Å². The lowest BCUT2D eigenvalue weighted by Gasteiger charge is -2.26. The average Bonchev–Trinajstić information content (AvgIpc) is 3.04. The summed E-state index contributed by atoms with van der Waals surface area (Å²) in [5.41, 5.74) is 1.13. The van der Waals surface area contributed by atoms with Crippen LogP contribution in [0.15, 0.2) is 30.5 Å². The average molecular weight is 459 g/mol. The minimum absolute atomic E-state index is 0.164. The maximum absolute atomic E-state index is 13.3. The van der Waals surface area contributed by atoms with Gasteiger partial charge in [-0.3, -0.25) is 9.59 Å². The van der Waals surface area contributed by atoms with E-state index < -0.39 is 35.4 Å². The largest absolute Gasteiger partial charge is 0.464 e. The Morgan fingerprint density at radius 1 is 1.09 bits per heavy atom. The smallest absolute Gasteiger partial charge is 0.328 e. The van der Waals surface area contributed by atoms with Crippen LogP contribution in [0.1, 0.15) is 59.9 Å². The van der Waals surface area contributed by atoms with Gasteiger partial charge in [-0.15, -0.1) is 0 Å². The third-order valence-corrected chi connectivity index (χ3v) is 5.37. The van der Waals surface area contributed by atoms with E-state index in [2.05, 4.69) is 5.32 Å². The molecule has 1 aromatic heterocycles. The van der Waals surface area contributed by atoms with Crippen LogP contribution in [0, 0.1) is 11.8 Å². The van der Waals surface area contributed by atoms with Crippen LogP contribution in [0.4, 0.5) is 0 Å². The normalized spacial score (nSPS) is 13.6. The number of nitrogens with one attached hydrogen (secondary N) is 1. The van der Waals surface area contributed by atoms with Crippen molar-refractivity contribution in [3.05, 3.63) is 36.0 Å². The van der Waals surface area contributed by atoms with Gasteiger partial charge in [0, 0.05) is 24.1 Å². The Labute approximate surface area is 196 Å². The lowest BCUT2D eigenvalue weighted by atomic mass is 9.96. The maximum atomic E-state index is 13.3. The molecule has 0 fully saturated rings. The number of para-hydroxylation sites is 1. The number of amides is 1. The van der Waals surface area contributed by atoms with Gasteiger partial charge in [0.2, 0.25) is 5.91 Å². The SMILES string of the molecule is CCCCOC(=O)[C@@H](NC(=O)[C@@H](Cc1cn(C)c2ccccc12)C(=O)OC(C)(C)C)C(C)C. The van der Waals surface area contributed by atoms with Crippen molar-refractivity contribution in [2.75, 3.05) is 6.61 Å². The molecule has 0 aliphatic carbocycles. The van der Waals surface area contributed by atoms with Crippen molar-refractivity contribution in [3.8, 4) is 0 Å². The molecule has 7 nitrogen and oxygen atoms in total.